The Kier molecular flexibility index (Phi) is 56.7. The van der Waals surface area contributed by atoms with Gasteiger partial charge in [-0.05, 0) is 70.3 Å². The highest BCUT2D eigenvalue weighted by Crippen LogP contribution is 2.38. The van der Waals surface area contributed by atoms with Crippen LogP contribution >= 0.6 is 7.82 Å². The van der Waals surface area contributed by atoms with Crippen molar-refractivity contribution in [2.45, 2.75) is 335 Å². The molecule has 3 unspecified atom stereocenters. The van der Waals surface area contributed by atoms with Gasteiger partial charge >= 0.3 is 5.97 Å². The molecule has 0 aliphatic rings. The van der Waals surface area contributed by atoms with E-state index in [1.807, 2.05) is 33.3 Å². The number of phosphoric acid groups is 1. The monoisotopic (exact) mass is 1120 g/mol. The minimum absolute atomic E-state index is 0.0207. The fraction of sp³-hybridized carbons (Fsp3) is 0.853. The fourth-order valence-electron chi connectivity index (χ4n) is 9.83. The summed E-state index contributed by atoms with van der Waals surface area (Å²) in [6, 6.07) is -0.886. The van der Waals surface area contributed by atoms with Gasteiger partial charge in [0.25, 0.3) is 7.82 Å². The molecule has 0 radical (unpaired) electrons. The number of likely N-dealkylation sites (N-methyl/N-ethyl adjacent to an activating group) is 1. The lowest BCUT2D eigenvalue weighted by Crippen LogP contribution is -2.47. The highest BCUT2D eigenvalue weighted by Gasteiger charge is 2.27. The molecule has 0 saturated heterocycles. The van der Waals surface area contributed by atoms with Gasteiger partial charge in [-0.2, -0.15) is 0 Å². The molecule has 10 heteroatoms. The Morgan fingerprint density at radius 3 is 1.19 bits per heavy atom. The summed E-state index contributed by atoms with van der Waals surface area (Å²) in [4.78, 5) is 40.0. The molecule has 0 aliphatic carbocycles. The highest BCUT2D eigenvalue weighted by atomic mass is 31.2. The van der Waals surface area contributed by atoms with E-state index in [9.17, 15) is 19.0 Å². The maximum absolute atomic E-state index is 13.5. The second-order valence-corrected chi connectivity index (χ2v) is 25.4. The zero-order valence-electron chi connectivity index (χ0n) is 52.4. The van der Waals surface area contributed by atoms with Crippen LogP contribution in [0.15, 0.2) is 48.6 Å². The first-order valence-corrected chi connectivity index (χ1v) is 34.9. The van der Waals surface area contributed by atoms with E-state index in [2.05, 4.69) is 62.5 Å². The lowest BCUT2D eigenvalue weighted by molar-refractivity contribution is -0.870. The first-order valence-electron chi connectivity index (χ1n) is 33.4. The number of nitrogens with one attached hydrogen (secondary N) is 1. The quantitative estimate of drug-likeness (QED) is 0.0212. The van der Waals surface area contributed by atoms with Gasteiger partial charge in [-0.15, -0.1) is 0 Å². The van der Waals surface area contributed by atoms with Gasteiger partial charge in [0.2, 0.25) is 5.91 Å². The number of quaternary nitrogens is 1. The maximum Gasteiger partial charge on any atom is 0.306 e. The third kappa shape index (κ3) is 58.6. The number of hydrogen-bond donors (Lipinski definition) is 1. The van der Waals surface area contributed by atoms with Crippen LogP contribution in [0.3, 0.4) is 0 Å². The van der Waals surface area contributed by atoms with E-state index in [4.69, 9.17) is 13.8 Å². The van der Waals surface area contributed by atoms with Crippen LogP contribution in [0.25, 0.3) is 0 Å². The predicted molar refractivity (Wildman–Crippen MR) is 335 cm³/mol. The van der Waals surface area contributed by atoms with Crippen molar-refractivity contribution in [2.24, 2.45) is 0 Å². The standard InChI is InChI=1S/C68H129N2O7P/c1-7-10-13-16-19-22-25-27-29-31-32-33-34-35-36-37-38-39-41-43-46-49-52-55-58-61-68(72)77-66(59-56-53-50-47-44-24-21-18-15-12-9-3)65(64-76-78(73,74)75-63-62-70(4,5)6)69-67(71)60-57-54-51-48-45-42-40-30-28-26-23-20-17-14-11-8-2/h19,22,27,29,32-33,56,59,65-66H,7-18,20-21,23-26,28,30-31,34-55,57-58,60-64H2,1-6H3,(H-,69,71,73,74)/b22-19-,29-27-,33-32-,59-56+. The van der Waals surface area contributed by atoms with E-state index in [1.165, 1.54) is 218 Å². The zero-order chi connectivity index (χ0) is 57.2. The number of amides is 1. The van der Waals surface area contributed by atoms with Gasteiger partial charge in [0.05, 0.1) is 33.8 Å². The first kappa shape index (κ1) is 76.0. The summed E-state index contributed by atoms with van der Waals surface area (Å²) in [7, 11) is 1.20. The topological polar surface area (TPSA) is 114 Å². The van der Waals surface area contributed by atoms with Crippen LogP contribution in [0.2, 0.25) is 0 Å². The lowest BCUT2D eigenvalue weighted by Gasteiger charge is -2.30. The molecular formula is C68H129N2O7P. The normalized spacial score (nSPS) is 13.9. The number of ether oxygens (including phenoxy) is 1. The van der Waals surface area contributed by atoms with E-state index in [1.54, 1.807) is 0 Å². The van der Waals surface area contributed by atoms with Gasteiger partial charge in [0.1, 0.15) is 19.3 Å². The number of unbranched alkanes of at least 4 members (excludes halogenated alkanes) is 39. The Bertz CT molecular complexity index is 1470. The van der Waals surface area contributed by atoms with Crippen LogP contribution < -0.4 is 10.2 Å². The Balaban J connectivity index is 5.05. The summed E-state index contributed by atoms with van der Waals surface area (Å²) in [5.41, 5.74) is 0. The van der Waals surface area contributed by atoms with E-state index < -0.39 is 20.0 Å². The summed E-state index contributed by atoms with van der Waals surface area (Å²) >= 11 is 0. The average molecular weight is 1120 g/mol. The van der Waals surface area contributed by atoms with E-state index in [-0.39, 0.29) is 31.5 Å². The summed E-state index contributed by atoms with van der Waals surface area (Å²) in [5, 5.41) is 3.04. The van der Waals surface area contributed by atoms with Gasteiger partial charge in [0.15, 0.2) is 0 Å². The number of carbonyl (C=O) groups is 2. The zero-order valence-corrected chi connectivity index (χ0v) is 53.3. The van der Waals surface area contributed by atoms with Crippen LogP contribution in [0.4, 0.5) is 0 Å². The van der Waals surface area contributed by atoms with E-state index in [0.29, 0.717) is 17.4 Å². The van der Waals surface area contributed by atoms with Gasteiger partial charge < -0.3 is 28.5 Å². The molecule has 0 fully saturated rings. The van der Waals surface area contributed by atoms with Crippen LogP contribution in [0, 0.1) is 0 Å². The summed E-state index contributed by atoms with van der Waals surface area (Å²) in [6.07, 6.45) is 72.2. The van der Waals surface area contributed by atoms with Crippen LogP contribution in [-0.4, -0.2) is 69.4 Å². The Morgan fingerprint density at radius 1 is 0.449 bits per heavy atom. The predicted octanol–water partition coefficient (Wildman–Crippen LogP) is 20.2. The third-order valence-electron chi connectivity index (χ3n) is 15.0. The largest absolute Gasteiger partial charge is 0.756 e. The van der Waals surface area contributed by atoms with Crippen molar-refractivity contribution in [3.8, 4) is 0 Å². The molecule has 0 aromatic carbocycles. The minimum atomic E-state index is -4.70. The number of phosphoric ester groups is 1. The number of carbonyl (C=O) groups excluding carboxylic acids is 2. The van der Waals surface area contributed by atoms with Gasteiger partial charge in [-0.1, -0.05) is 288 Å². The molecule has 0 aromatic rings. The van der Waals surface area contributed by atoms with Crippen LogP contribution in [0.1, 0.15) is 323 Å². The molecule has 0 saturated carbocycles. The number of nitrogens with zero attached hydrogens (tertiary/aromatic N) is 1. The molecule has 0 bridgehead atoms. The number of esters is 1. The van der Waals surface area contributed by atoms with Crippen LogP contribution in [0.5, 0.6) is 0 Å². The number of allylic oxidation sites excluding steroid dienone is 7. The van der Waals surface area contributed by atoms with Gasteiger partial charge in [-0.3, -0.25) is 14.2 Å². The second kappa shape index (κ2) is 58.2. The molecule has 78 heavy (non-hydrogen) atoms. The van der Waals surface area contributed by atoms with Crippen molar-refractivity contribution in [2.75, 3.05) is 40.9 Å². The van der Waals surface area contributed by atoms with Crippen molar-refractivity contribution in [3.05, 3.63) is 48.6 Å². The van der Waals surface area contributed by atoms with Crippen molar-refractivity contribution in [3.63, 3.8) is 0 Å². The van der Waals surface area contributed by atoms with Crippen LogP contribution in [-0.2, 0) is 27.9 Å². The lowest BCUT2D eigenvalue weighted by atomic mass is 10.0. The van der Waals surface area contributed by atoms with Crippen molar-refractivity contribution < 1.29 is 37.3 Å². The van der Waals surface area contributed by atoms with E-state index >= 15 is 0 Å². The molecule has 1 N–H and O–H groups in total. The van der Waals surface area contributed by atoms with Crippen molar-refractivity contribution in [1.82, 2.24) is 5.32 Å². The summed E-state index contributed by atoms with van der Waals surface area (Å²) < 4.78 is 30.4. The first-order chi connectivity index (χ1) is 37.9. The van der Waals surface area contributed by atoms with Crippen molar-refractivity contribution >= 4 is 19.7 Å². The molecule has 3 atom stereocenters. The third-order valence-corrected chi connectivity index (χ3v) is 16.0. The molecule has 0 spiro atoms. The fourth-order valence-corrected chi connectivity index (χ4v) is 10.5. The summed E-state index contributed by atoms with van der Waals surface area (Å²) in [5.74, 6) is -0.530. The number of hydrogen-bond acceptors (Lipinski definition) is 7. The Morgan fingerprint density at radius 2 is 0.782 bits per heavy atom. The van der Waals surface area contributed by atoms with Gasteiger partial charge in [-0.25, -0.2) is 0 Å². The second-order valence-electron chi connectivity index (χ2n) is 24.0. The molecule has 9 nitrogen and oxygen atoms in total. The minimum Gasteiger partial charge on any atom is -0.756 e. The Hall–Kier alpha value is -2.03. The average Bonchev–Trinajstić information content (AvgIpc) is 3.41. The molecule has 458 valence electrons. The highest BCUT2D eigenvalue weighted by molar-refractivity contribution is 7.45. The SMILES string of the molecule is CCCCC/C=C\C/C=C\C/C=C\CCCCCCCCCCCCCCC(=O)OC(/C=C/CCCCCCCCCCC)C(COP(=O)([O-])OCC[N+](C)(C)C)NC(=O)CCCCCCCCCCCCCCCCCC. The smallest absolute Gasteiger partial charge is 0.306 e. The van der Waals surface area contributed by atoms with E-state index in [0.717, 1.165) is 70.6 Å². The molecule has 0 aliphatic heterocycles. The maximum atomic E-state index is 13.5. The molecular weight excluding hydrogens is 988 g/mol. The molecule has 1 amide bonds. The number of rotatable bonds is 61. The molecule has 0 rings (SSSR count). The molecule has 0 aromatic heterocycles. The molecule has 0 heterocycles. The Labute approximate surface area is 484 Å². The van der Waals surface area contributed by atoms with Crippen molar-refractivity contribution in [1.29, 1.82) is 0 Å². The van der Waals surface area contributed by atoms with Gasteiger partial charge in [0, 0.05) is 12.8 Å². The summed E-state index contributed by atoms with van der Waals surface area (Å²) in [6.45, 7) is 6.85.